The summed E-state index contributed by atoms with van der Waals surface area (Å²) in [5.41, 5.74) is 0.275. The molecule has 1 saturated carbocycles. The topological polar surface area (TPSA) is 126 Å². The van der Waals surface area contributed by atoms with Crippen LogP contribution in [0.1, 0.15) is 19.8 Å². The second kappa shape index (κ2) is 11.5. The smallest absolute Gasteiger partial charge is 0.255 e. The normalized spacial score (nSPS) is 19.2. The number of amides is 2. The van der Waals surface area contributed by atoms with Gasteiger partial charge in [0.15, 0.2) is 0 Å². The van der Waals surface area contributed by atoms with Crippen LogP contribution in [0.4, 0.5) is 15.8 Å². The number of hydrogen-bond donors (Lipinski definition) is 3. The average Bonchev–Trinajstić information content (AvgIpc) is 3.30. The first-order chi connectivity index (χ1) is 18.1. The number of nitrogens with one attached hydrogen (secondary N) is 3. The minimum absolute atomic E-state index is 0.0584. The molecule has 3 aromatic rings. The van der Waals surface area contributed by atoms with E-state index in [-0.39, 0.29) is 35.5 Å². The number of pyridine rings is 1. The molecule has 1 heterocycles. The summed E-state index contributed by atoms with van der Waals surface area (Å²) in [7, 11) is -3.58. The van der Waals surface area contributed by atoms with Gasteiger partial charge in [-0.05, 0) is 62.2 Å². The molecular weight excluding hydrogens is 535 g/mol. The van der Waals surface area contributed by atoms with Crippen LogP contribution in [0.25, 0.3) is 5.69 Å². The SMILES string of the molecule is CCS(=O)(=O)NC1C[C@H](C(=O)Nc2ccc(Cl)cc2)[C@@H](C(=O)Nc2ccc(-n3ccccc3=O)cc2F)C1. The van der Waals surface area contributed by atoms with E-state index >= 15 is 0 Å². The Bertz CT molecular complexity index is 1510. The molecule has 0 spiro atoms. The van der Waals surface area contributed by atoms with Gasteiger partial charge in [0.25, 0.3) is 5.56 Å². The molecule has 1 aliphatic carbocycles. The number of anilines is 2. The van der Waals surface area contributed by atoms with Gasteiger partial charge >= 0.3 is 0 Å². The van der Waals surface area contributed by atoms with Gasteiger partial charge in [0.2, 0.25) is 21.8 Å². The number of carbonyl (C=O) groups is 2. The van der Waals surface area contributed by atoms with E-state index in [0.717, 1.165) is 6.07 Å². The molecule has 1 unspecified atom stereocenters. The van der Waals surface area contributed by atoms with E-state index in [0.29, 0.717) is 10.7 Å². The van der Waals surface area contributed by atoms with E-state index in [1.165, 1.54) is 35.9 Å². The highest BCUT2D eigenvalue weighted by atomic mass is 35.5. The van der Waals surface area contributed by atoms with Crippen LogP contribution < -0.4 is 20.9 Å². The van der Waals surface area contributed by atoms with Gasteiger partial charge in [-0.25, -0.2) is 17.5 Å². The fraction of sp³-hybridized carbons (Fsp3) is 0.269. The Morgan fingerprint density at radius 1 is 1.00 bits per heavy atom. The zero-order valence-electron chi connectivity index (χ0n) is 20.4. The van der Waals surface area contributed by atoms with E-state index in [4.69, 9.17) is 11.6 Å². The third-order valence-corrected chi connectivity index (χ3v) is 8.09. The molecule has 0 aliphatic heterocycles. The van der Waals surface area contributed by atoms with Crippen molar-refractivity contribution in [1.29, 1.82) is 0 Å². The van der Waals surface area contributed by atoms with Crippen molar-refractivity contribution < 1.29 is 22.4 Å². The maximum absolute atomic E-state index is 14.9. The number of nitrogens with zero attached hydrogens (tertiary/aromatic N) is 1. The van der Waals surface area contributed by atoms with Crippen molar-refractivity contribution in [2.24, 2.45) is 11.8 Å². The fourth-order valence-corrected chi connectivity index (χ4v) is 5.43. The second-order valence-corrected chi connectivity index (χ2v) is 11.4. The molecule has 38 heavy (non-hydrogen) atoms. The molecule has 9 nitrogen and oxygen atoms in total. The number of rotatable bonds is 8. The highest BCUT2D eigenvalue weighted by Gasteiger charge is 2.44. The predicted octanol–water partition coefficient (Wildman–Crippen LogP) is 3.54. The summed E-state index contributed by atoms with van der Waals surface area (Å²) < 4.78 is 43.0. The minimum Gasteiger partial charge on any atom is -0.326 e. The Kier molecular flexibility index (Phi) is 8.29. The summed E-state index contributed by atoms with van der Waals surface area (Å²) in [6.45, 7) is 1.49. The van der Waals surface area contributed by atoms with E-state index in [2.05, 4.69) is 15.4 Å². The molecule has 3 atom stereocenters. The Labute approximate surface area is 224 Å². The maximum Gasteiger partial charge on any atom is 0.255 e. The number of benzene rings is 2. The summed E-state index contributed by atoms with van der Waals surface area (Å²) in [6.07, 6.45) is 1.65. The first-order valence-corrected chi connectivity index (χ1v) is 13.9. The molecule has 1 fully saturated rings. The summed E-state index contributed by atoms with van der Waals surface area (Å²) in [5, 5.41) is 5.75. The molecule has 2 aromatic carbocycles. The van der Waals surface area contributed by atoms with E-state index in [1.807, 2.05) is 0 Å². The lowest BCUT2D eigenvalue weighted by Crippen LogP contribution is -2.34. The van der Waals surface area contributed by atoms with E-state index in [1.54, 1.807) is 36.4 Å². The molecule has 200 valence electrons. The molecule has 4 rings (SSSR count). The quantitative estimate of drug-likeness (QED) is 0.388. The summed E-state index contributed by atoms with van der Waals surface area (Å²) in [5.74, 6) is -3.81. The Morgan fingerprint density at radius 2 is 1.66 bits per heavy atom. The molecule has 0 saturated heterocycles. The van der Waals surface area contributed by atoms with Gasteiger partial charge in [-0.1, -0.05) is 17.7 Å². The fourth-order valence-electron chi connectivity index (χ4n) is 4.44. The average molecular weight is 561 g/mol. The molecule has 2 amide bonds. The molecule has 12 heteroatoms. The number of aromatic nitrogens is 1. The minimum atomic E-state index is -3.58. The van der Waals surface area contributed by atoms with Crippen LogP contribution in [-0.2, 0) is 19.6 Å². The van der Waals surface area contributed by atoms with E-state index < -0.39 is 45.5 Å². The van der Waals surface area contributed by atoms with Gasteiger partial charge in [-0.15, -0.1) is 0 Å². The Morgan fingerprint density at radius 3 is 2.26 bits per heavy atom. The first-order valence-electron chi connectivity index (χ1n) is 11.9. The van der Waals surface area contributed by atoms with Gasteiger partial charge < -0.3 is 10.6 Å². The van der Waals surface area contributed by atoms with E-state index in [9.17, 15) is 27.2 Å². The first kappa shape index (κ1) is 27.5. The third kappa shape index (κ3) is 6.47. The Balaban J connectivity index is 1.54. The molecule has 1 aliphatic rings. The van der Waals surface area contributed by atoms with Crippen molar-refractivity contribution in [1.82, 2.24) is 9.29 Å². The van der Waals surface area contributed by atoms with Crippen LogP contribution in [0.2, 0.25) is 5.02 Å². The standard InChI is InChI=1S/C26H26ClFN4O5S/c1-2-38(36,37)31-18-13-20(25(34)29-17-8-6-16(27)7-9-17)21(14-18)26(35)30-23-11-10-19(15-22(23)28)32-12-4-3-5-24(32)33/h3-12,15,18,20-21,31H,2,13-14H2,1H3,(H,29,34)(H,30,35)/t18?,20-,21-/m0/s1. The second-order valence-electron chi connectivity index (χ2n) is 8.96. The zero-order chi connectivity index (χ0) is 27.4. The summed E-state index contributed by atoms with van der Waals surface area (Å²) >= 11 is 5.90. The number of hydrogen-bond acceptors (Lipinski definition) is 5. The van der Waals surface area contributed by atoms with Crippen molar-refractivity contribution in [2.45, 2.75) is 25.8 Å². The molecule has 0 radical (unpaired) electrons. The maximum atomic E-state index is 14.9. The molecule has 3 N–H and O–H groups in total. The highest BCUT2D eigenvalue weighted by molar-refractivity contribution is 7.89. The van der Waals surface area contributed by atoms with Crippen molar-refractivity contribution in [2.75, 3.05) is 16.4 Å². The van der Waals surface area contributed by atoms with Gasteiger partial charge in [-0.3, -0.25) is 19.0 Å². The molecule has 1 aromatic heterocycles. The van der Waals surface area contributed by atoms with Gasteiger partial charge in [0, 0.05) is 35.1 Å². The lowest BCUT2D eigenvalue weighted by Gasteiger charge is -2.19. The monoisotopic (exact) mass is 560 g/mol. The Hall–Kier alpha value is -3.54. The lowest BCUT2D eigenvalue weighted by molar-refractivity contribution is -0.128. The third-order valence-electron chi connectivity index (χ3n) is 6.39. The summed E-state index contributed by atoms with van der Waals surface area (Å²) in [4.78, 5) is 38.4. The van der Waals surface area contributed by atoms with Crippen molar-refractivity contribution >= 4 is 44.8 Å². The molecular formula is C26H26ClFN4O5S. The number of carbonyl (C=O) groups excluding carboxylic acids is 2. The van der Waals surface area contributed by atoms with Crippen LogP contribution in [0, 0.1) is 17.7 Å². The zero-order valence-corrected chi connectivity index (χ0v) is 21.9. The number of halogens is 2. The highest BCUT2D eigenvalue weighted by Crippen LogP contribution is 2.35. The lowest BCUT2D eigenvalue weighted by atomic mass is 9.94. The largest absolute Gasteiger partial charge is 0.326 e. The van der Waals surface area contributed by atoms with Crippen LogP contribution >= 0.6 is 11.6 Å². The van der Waals surface area contributed by atoms with Crippen LogP contribution in [-0.4, -0.2) is 36.6 Å². The number of sulfonamides is 1. The van der Waals surface area contributed by atoms with Crippen LogP contribution in [0.3, 0.4) is 0 Å². The predicted molar refractivity (Wildman–Crippen MR) is 143 cm³/mol. The van der Waals surface area contributed by atoms with Gasteiger partial charge in [0.1, 0.15) is 5.82 Å². The van der Waals surface area contributed by atoms with Gasteiger partial charge in [-0.2, -0.15) is 0 Å². The summed E-state index contributed by atoms with van der Waals surface area (Å²) in [6, 6.07) is 14.2. The van der Waals surface area contributed by atoms with Crippen LogP contribution in [0.5, 0.6) is 0 Å². The van der Waals surface area contributed by atoms with Crippen LogP contribution in [0.15, 0.2) is 71.7 Å². The molecule has 0 bridgehead atoms. The van der Waals surface area contributed by atoms with Crippen molar-refractivity contribution in [3.63, 3.8) is 0 Å². The van der Waals surface area contributed by atoms with Crippen molar-refractivity contribution in [3.05, 3.63) is 88.1 Å². The van der Waals surface area contributed by atoms with Gasteiger partial charge in [0.05, 0.1) is 29.0 Å². The van der Waals surface area contributed by atoms with Crippen molar-refractivity contribution in [3.8, 4) is 5.69 Å².